The van der Waals surface area contributed by atoms with Crippen molar-refractivity contribution in [2.24, 2.45) is 0 Å². The third kappa shape index (κ3) is 4.97. The number of aromatic nitrogens is 3. The van der Waals surface area contributed by atoms with Crippen LogP contribution in [0, 0.1) is 13.8 Å². The van der Waals surface area contributed by atoms with Crippen LogP contribution in [0.25, 0.3) is 16.9 Å². The molecule has 0 bridgehead atoms. The van der Waals surface area contributed by atoms with Crippen LogP contribution in [0.5, 0.6) is 5.75 Å². The Hall–Kier alpha value is -3.91. The minimum atomic E-state index is -0.0820. The molecule has 2 amide bonds. The summed E-state index contributed by atoms with van der Waals surface area (Å²) in [4.78, 5) is 26.5. The number of hydrogen-bond donors (Lipinski definition) is 1. The molecule has 0 aliphatic carbocycles. The van der Waals surface area contributed by atoms with E-state index in [1.165, 1.54) is 11.1 Å². The summed E-state index contributed by atoms with van der Waals surface area (Å²) in [5.74, 6) is 1.72. The number of carbonyl (C=O) groups excluding carboxylic acids is 1. The highest BCUT2D eigenvalue weighted by atomic mass is 16.5. The lowest BCUT2D eigenvalue weighted by atomic mass is 10.1. The second-order valence-electron chi connectivity index (χ2n) is 8.98. The molecule has 2 aromatic heterocycles. The number of rotatable bonds is 5. The molecule has 8 heteroatoms. The van der Waals surface area contributed by atoms with Gasteiger partial charge in [0.1, 0.15) is 17.1 Å². The van der Waals surface area contributed by atoms with Gasteiger partial charge in [-0.3, -0.25) is 9.47 Å². The van der Waals surface area contributed by atoms with Crippen LogP contribution in [0.2, 0.25) is 0 Å². The van der Waals surface area contributed by atoms with Crippen molar-refractivity contribution in [1.29, 1.82) is 0 Å². The molecule has 2 aromatic carbocycles. The zero-order valence-corrected chi connectivity index (χ0v) is 20.4. The highest BCUT2D eigenvalue weighted by Gasteiger charge is 2.23. The molecule has 1 aliphatic rings. The van der Waals surface area contributed by atoms with Crippen LogP contribution in [-0.4, -0.2) is 63.7 Å². The van der Waals surface area contributed by atoms with Crippen LogP contribution in [-0.2, 0) is 6.54 Å². The van der Waals surface area contributed by atoms with Crippen LogP contribution in [0.15, 0.2) is 60.8 Å². The number of carbonyl (C=O) groups is 1. The van der Waals surface area contributed by atoms with E-state index in [0.717, 1.165) is 47.2 Å². The summed E-state index contributed by atoms with van der Waals surface area (Å²) < 4.78 is 7.34. The summed E-state index contributed by atoms with van der Waals surface area (Å²) in [5.41, 5.74) is 6.01. The highest BCUT2D eigenvalue weighted by molar-refractivity contribution is 5.89. The van der Waals surface area contributed by atoms with Crippen molar-refractivity contribution in [3.63, 3.8) is 0 Å². The Morgan fingerprint density at radius 2 is 1.71 bits per heavy atom. The van der Waals surface area contributed by atoms with Gasteiger partial charge < -0.3 is 15.0 Å². The molecule has 0 spiro atoms. The van der Waals surface area contributed by atoms with Crippen LogP contribution < -0.4 is 10.1 Å². The largest absolute Gasteiger partial charge is 0.497 e. The maximum Gasteiger partial charge on any atom is 0.321 e. The molecule has 1 N–H and O–H groups in total. The number of amides is 2. The smallest absolute Gasteiger partial charge is 0.321 e. The van der Waals surface area contributed by atoms with E-state index in [2.05, 4.69) is 51.8 Å². The summed E-state index contributed by atoms with van der Waals surface area (Å²) in [6.07, 6.45) is 1.81. The Bertz CT molecular complexity index is 1320. The van der Waals surface area contributed by atoms with E-state index in [1.54, 1.807) is 7.11 Å². The van der Waals surface area contributed by atoms with E-state index in [9.17, 15) is 4.79 Å². The van der Waals surface area contributed by atoms with Crippen molar-refractivity contribution in [3.05, 3.63) is 77.7 Å². The highest BCUT2D eigenvalue weighted by Crippen LogP contribution is 2.23. The Morgan fingerprint density at radius 3 is 2.40 bits per heavy atom. The monoisotopic (exact) mass is 470 g/mol. The normalized spacial score (nSPS) is 14.3. The van der Waals surface area contributed by atoms with Gasteiger partial charge in [-0.05, 0) is 73.5 Å². The van der Waals surface area contributed by atoms with Gasteiger partial charge in [-0.25, -0.2) is 14.8 Å². The van der Waals surface area contributed by atoms with Crippen molar-refractivity contribution < 1.29 is 9.53 Å². The van der Waals surface area contributed by atoms with Gasteiger partial charge in [0.05, 0.1) is 13.7 Å². The number of hydrogen-bond acceptors (Lipinski definition) is 5. The van der Waals surface area contributed by atoms with Crippen molar-refractivity contribution in [1.82, 2.24) is 24.3 Å². The van der Waals surface area contributed by atoms with E-state index >= 15 is 0 Å². The molecule has 5 rings (SSSR count). The molecule has 180 valence electrons. The summed E-state index contributed by atoms with van der Waals surface area (Å²) in [6, 6.07) is 17.7. The number of benzene rings is 2. The minimum Gasteiger partial charge on any atom is -0.497 e. The number of ether oxygens (including phenoxy) is 1. The van der Waals surface area contributed by atoms with Gasteiger partial charge >= 0.3 is 6.03 Å². The fourth-order valence-electron chi connectivity index (χ4n) is 4.60. The van der Waals surface area contributed by atoms with Gasteiger partial charge in [-0.1, -0.05) is 6.07 Å². The van der Waals surface area contributed by atoms with Gasteiger partial charge in [0, 0.05) is 43.8 Å². The van der Waals surface area contributed by atoms with Crippen molar-refractivity contribution in [2.75, 3.05) is 38.6 Å². The van der Waals surface area contributed by atoms with E-state index in [0.29, 0.717) is 19.6 Å². The maximum atomic E-state index is 12.7. The fraction of sp³-hybridized carbons (Fsp3) is 0.296. The van der Waals surface area contributed by atoms with Crippen LogP contribution >= 0.6 is 0 Å². The molecule has 1 saturated heterocycles. The number of piperazine rings is 1. The first kappa shape index (κ1) is 22.9. The number of nitrogens with zero attached hydrogens (tertiary/aromatic N) is 5. The van der Waals surface area contributed by atoms with E-state index in [4.69, 9.17) is 9.72 Å². The zero-order valence-electron chi connectivity index (χ0n) is 20.4. The number of nitrogens with one attached hydrogen (secondary N) is 1. The van der Waals surface area contributed by atoms with Gasteiger partial charge in [-0.15, -0.1) is 0 Å². The molecule has 0 atom stereocenters. The van der Waals surface area contributed by atoms with Crippen molar-refractivity contribution in [2.45, 2.75) is 20.4 Å². The first-order valence-electron chi connectivity index (χ1n) is 11.8. The first-order chi connectivity index (χ1) is 17.0. The Morgan fingerprint density at radius 1 is 1.00 bits per heavy atom. The number of anilines is 1. The Balaban J connectivity index is 1.29. The second kappa shape index (κ2) is 9.76. The molecule has 0 radical (unpaired) electrons. The molecule has 3 heterocycles. The number of pyridine rings is 1. The summed E-state index contributed by atoms with van der Waals surface area (Å²) in [6.45, 7) is 7.78. The van der Waals surface area contributed by atoms with Gasteiger partial charge in [0.2, 0.25) is 0 Å². The average Bonchev–Trinajstić information content (AvgIpc) is 3.22. The predicted molar refractivity (Wildman–Crippen MR) is 137 cm³/mol. The van der Waals surface area contributed by atoms with Crippen LogP contribution in [0.3, 0.4) is 0 Å². The van der Waals surface area contributed by atoms with Crippen LogP contribution in [0.1, 0.15) is 17.0 Å². The van der Waals surface area contributed by atoms with Gasteiger partial charge in [0.15, 0.2) is 5.65 Å². The summed E-state index contributed by atoms with van der Waals surface area (Å²) >= 11 is 0. The number of fused-ring (bicyclic) bond motifs is 1. The van der Waals surface area contributed by atoms with E-state index in [-0.39, 0.29) is 6.03 Å². The molecule has 0 saturated carbocycles. The number of aryl methyl sites for hydroxylation is 2. The topological polar surface area (TPSA) is 75.5 Å². The number of imidazole rings is 1. The quantitative estimate of drug-likeness (QED) is 0.468. The van der Waals surface area contributed by atoms with Gasteiger partial charge in [-0.2, -0.15) is 0 Å². The third-order valence-corrected chi connectivity index (χ3v) is 6.32. The molecule has 1 fully saturated rings. The summed E-state index contributed by atoms with van der Waals surface area (Å²) in [5, 5.41) is 2.97. The fourth-order valence-corrected chi connectivity index (χ4v) is 4.60. The van der Waals surface area contributed by atoms with E-state index < -0.39 is 0 Å². The minimum absolute atomic E-state index is 0.0820. The molecule has 35 heavy (non-hydrogen) atoms. The number of methoxy groups -OCH3 is 1. The molecular formula is C27H30N6O2. The molecule has 0 unspecified atom stereocenters. The standard InChI is InChI=1S/C27H30N6O2/c1-19-15-20(2)17-22(16-19)33-25(30-24-5-4-10-28-26(24)33)18-31-11-13-32(14-12-31)27(34)29-21-6-8-23(35-3)9-7-21/h4-10,15-17H,11-14,18H2,1-3H3,(H,29,34). The zero-order chi connectivity index (χ0) is 24.4. The van der Waals surface area contributed by atoms with Gasteiger partial charge in [0.25, 0.3) is 0 Å². The van der Waals surface area contributed by atoms with Crippen molar-refractivity contribution >= 4 is 22.9 Å². The van der Waals surface area contributed by atoms with Crippen molar-refractivity contribution in [3.8, 4) is 11.4 Å². The Kier molecular flexibility index (Phi) is 6.37. The number of urea groups is 1. The Labute approximate surface area is 205 Å². The van der Waals surface area contributed by atoms with Crippen LogP contribution in [0.4, 0.5) is 10.5 Å². The molecule has 8 nitrogen and oxygen atoms in total. The predicted octanol–water partition coefficient (Wildman–Crippen LogP) is 4.40. The average molecular weight is 471 g/mol. The summed E-state index contributed by atoms with van der Waals surface area (Å²) in [7, 11) is 1.63. The second-order valence-corrected chi connectivity index (χ2v) is 8.98. The molecule has 4 aromatic rings. The first-order valence-corrected chi connectivity index (χ1v) is 11.8. The third-order valence-electron chi connectivity index (χ3n) is 6.32. The maximum absolute atomic E-state index is 12.7. The lowest BCUT2D eigenvalue weighted by molar-refractivity contribution is 0.140. The lowest BCUT2D eigenvalue weighted by Crippen LogP contribution is -2.49. The lowest BCUT2D eigenvalue weighted by Gasteiger charge is -2.34. The molecular weight excluding hydrogens is 440 g/mol. The SMILES string of the molecule is COc1ccc(NC(=O)N2CCN(Cc3nc4cccnc4n3-c3cc(C)cc(C)c3)CC2)cc1. The van der Waals surface area contributed by atoms with E-state index in [1.807, 2.05) is 47.5 Å². The molecule has 1 aliphatic heterocycles.